The molecule has 0 radical (unpaired) electrons. The Hall–Kier alpha value is -2.40. The first-order chi connectivity index (χ1) is 12.2. The van der Waals surface area contributed by atoms with E-state index in [1.807, 2.05) is 30.3 Å². The third-order valence-electron chi connectivity index (χ3n) is 4.04. The molecular weight excluding hydrogens is 318 g/mol. The van der Waals surface area contributed by atoms with Crippen LogP contribution in [0, 0.1) is 0 Å². The second-order valence-electron chi connectivity index (χ2n) is 5.66. The van der Waals surface area contributed by atoms with Gasteiger partial charge in [-0.3, -0.25) is 0 Å². The molecule has 0 unspecified atom stereocenters. The first kappa shape index (κ1) is 18.9. The predicted octanol–water partition coefficient (Wildman–Crippen LogP) is 3.44. The number of benzene rings is 2. The normalized spacial score (nSPS) is 10.4. The first-order valence-electron chi connectivity index (χ1n) is 8.34. The van der Waals surface area contributed by atoms with Crippen molar-refractivity contribution in [2.45, 2.75) is 19.4 Å². The highest BCUT2D eigenvalue weighted by Crippen LogP contribution is 2.28. The zero-order valence-corrected chi connectivity index (χ0v) is 15.4. The van der Waals surface area contributed by atoms with Crippen LogP contribution in [-0.2, 0) is 13.0 Å². The van der Waals surface area contributed by atoms with Crippen molar-refractivity contribution in [2.24, 2.45) is 0 Å². The Morgan fingerprint density at radius 1 is 0.680 bits per heavy atom. The maximum absolute atomic E-state index is 5.34. The van der Waals surface area contributed by atoms with E-state index >= 15 is 0 Å². The summed E-state index contributed by atoms with van der Waals surface area (Å²) in [4.78, 5) is 0. The van der Waals surface area contributed by atoms with Crippen LogP contribution in [0.5, 0.6) is 23.0 Å². The van der Waals surface area contributed by atoms with Gasteiger partial charge in [0.15, 0.2) is 23.0 Å². The number of aryl methyl sites for hydroxylation is 1. The zero-order valence-electron chi connectivity index (χ0n) is 15.4. The van der Waals surface area contributed by atoms with E-state index in [1.165, 1.54) is 11.1 Å². The molecule has 0 aromatic heterocycles. The molecule has 0 saturated heterocycles. The van der Waals surface area contributed by atoms with Gasteiger partial charge in [-0.15, -0.1) is 0 Å². The maximum atomic E-state index is 5.34. The SMILES string of the molecule is COc1ccc(CCCNCc2ccc(OC)c(OC)c2)cc1OC. The van der Waals surface area contributed by atoms with Crippen molar-refractivity contribution in [3.63, 3.8) is 0 Å². The molecule has 1 N–H and O–H groups in total. The number of hydrogen-bond acceptors (Lipinski definition) is 5. The number of hydrogen-bond donors (Lipinski definition) is 1. The number of ether oxygens (including phenoxy) is 4. The van der Waals surface area contributed by atoms with Crippen molar-refractivity contribution in [1.82, 2.24) is 5.32 Å². The van der Waals surface area contributed by atoms with E-state index in [4.69, 9.17) is 18.9 Å². The van der Waals surface area contributed by atoms with Crippen LogP contribution in [0.3, 0.4) is 0 Å². The highest BCUT2D eigenvalue weighted by molar-refractivity contribution is 5.43. The molecule has 0 aliphatic heterocycles. The average Bonchev–Trinajstić information content (AvgIpc) is 2.67. The number of methoxy groups -OCH3 is 4. The Morgan fingerprint density at radius 3 is 1.76 bits per heavy atom. The van der Waals surface area contributed by atoms with Crippen molar-refractivity contribution < 1.29 is 18.9 Å². The molecule has 5 nitrogen and oxygen atoms in total. The van der Waals surface area contributed by atoms with Crippen LogP contribution < -0.4 is 24.3 Å². The van der Waals surface area contributed by atoms with E-state index in [2.05, 4.69) is 11.4 Å². The molecule has 0 fully saturated rings. The van der Waals surface area contributed by atoms with Crippen molar-refractivity contribution >= 4 is 0 Å². The monoisotopic (exact) mass is 345 g/mol. The summed E-state index contributed by atoms with van der Waals surface area (Å²) in [7, 11) is 6.60. The quantitative estimate of drug-likeness (QED) is 0.669. The molecule has 0 aliphatic rings. The largest absolute Gasteiger partial charge is 0.493 e. The van der Waals surface area contributed by atoms with Crippen LogP contribution in [0.25, 0.3) is 0 Å². The predicted molar refractivity (Wildman–Crippen MR) is 99.1 cm³/mol. The zero-order chi connectivity index (χ0) is 18.1. The van der Waals surface area contributed by atoms with Gasteiger partial charge >= 0.3 is 0 Å². The Morgan fingerprint density at radius 2 is 1.20 bits per heavy atom. The van der Waals surface area contributed by atoms with Gasteiger partial charge in [0.05, 0.1) is 28.4 Å². The van der Waals surface area contributed by atoms with E-state index in [0.717, 1.165) is 48.9 Å². The van der Waals surface area contributed by atoms with Crippen LogP contribution in [0.15, 0.2) is 36.4 Å². The van der Waals surface area contributed by atoms with E-state index in [1.54, 1.807) is 28.4 Å². The number of rotatable bonds is 10. The second-order valence-corrected chi connectivity index (χ2v) is 5.66. The van der Waals surface area contributed by atoms with Crippen LogP contribution in [0.4, 0.5) is 0 Å². The lowest BCUT2D eigenvalue weighted by molar-refractivity contribution is 0.354. The Bertz CT molecular complexity index is 615. The number of nitrogens with one attached hydrogen (secondary N) is 1. The molecule has 0 heterocycles. The minimum atomic E-state index is 0.750. The van der Waals surface area contributed by atoms with Gasteiger partial charge in [-0.05, 0) is 54.8 Å². The molecule has 0 atom stereocenters. The summed E-state index contributed by atoms with van der Waals surface area (Å²) in [6.45, 7) is 1.73. The third-order valence-corrected chi connectivity index (χ3v) is 4.04. The van der Waals surface area contributed by atoms with Gasteiger partial charge in [0.2, 0.25) is 0 Å². The van der Waals surface area contributed by atoms with E-state index in [0.29, 0.717) is 0 Å². The first-order valence-corrected chi connectivity index (χ1v) is 8.34. The minimum Gasteiger partial charge on any atom is -0.493 e. The van der Waals surface area contributed by atoms with Gasteiger partial charge in [-0.2, -0.15) is 0 Å². The molecule has 2 rings (SSSR count). The summed E-state index contributed by atoms with van der Waals surface area (Å²) in [5, 5.41) is 3.46. The topological polar surface area (TPSA) is 49.0 Å². The standard InChI is InChI=1S/C20H27NO4/c1-22-17-9-7-15(12-19(17)24-3)6-5-11-21-14-16-8-10-18(23-2)20(13-16)25-4/h7-10,12-13,21H,5-6,11,14H2,1-4H3. The van der Waals surface area contributed by atoms with Gasteiger partial charge in [0.25, 0.3) is 0 Å². The van der Waals surface area contributed by atoms with Crippen LogP contribution in [0.2, 0.25) is 0 Å². The minimum absolute atomic E-state index is 0.750. The molecule has 0 aliphatic carbocycles. The molecule has 2 aromatic carbocycles. The Balaban J connectivity index is 1.78. The fraction of sp³-hybridized carbons (Fsp3) is 0.400. The molecule has 0 spiro atoms. The molecule has 0 amide bonds. The van der Waals surface area contributed by atoms with E-state index < -0.39 is 0 Å². The summed E-state index contributed by atoms with van der Waals surface area (Å²) in [6.07, 6.45) is 2.03. The summed E-state index contributed by atoms with van der Waals surface area (Å²) < 4.78 is 21.2. The van der Waals surface area contributed by atoms with Crippen molar-refractivity contribution in [3.8, 4) is 23.0 Å². The fourth-order valence-electron chi connectivity index (χ4n) is 2.68. The van der Waals surface area contributed by atoms with Gasteiger partial charge in [0, 0.05) is 6.54 Å². The Labute approximate surface area is 149 Å². The lowest BCUT2D eigenvalue weighted by Crippen LogP contribution is -2.15. The lowest BCUT2D eigenvalue weighted by atomic mass is 10.1. The highest BCUT2D eigenvalue weighted by atomic mass is 16.5. The fourth-order valence-corrected chi connectivity index (χ4v) is 2.68. The van der Waals surface area contributed by atoms with Crippen LogP contribution >= 0.6 is 0 Å². The molecule has 0 bridgehead atoms. The van der Waals surface area contributed by atoms with Crippen LogP contribution in [0.1, 0.15) is 17.5 Å². The van der Waals surface area contributed by atoms with Gasteiger partial charge in [0.1, 0.15) is 0 Å². The summed E-state index contributed by atoms with van der Waals surface area (Å²) >= 11 is 0. The van der Waals surface area contributed by atoms with E-state index in [-0.39, 0.29) is 0 Å². The van der Waals surface area contributed by atoms with Gasteiger partial charge < -0.3 is 24.3 Å². The molecule has 25 heavy (non-hydrogen) atoms. The van der Waals surface area contributed by atoms with Crippen molar-refractivity contribution in [3.05, 3.63) is 47.5 Å². The average molecular weight is 345 g/mol. The Kier molecular flexibility index (Phi) is 7.41. The summed E-state index contributed by atoms with van der Waals surface area (Å²) in [5.41, 5.74) is 2.41. The maximum Gasteiger partial charge on any atom is 0.161 e. The molecule has 0 saturated carbocycles. The highest BCUT2D eigenvalue weighted by Gasteiger charge is 2.05. The van der Waals surface area contributed by atoms with Crippen molar-refractivity contribution in [1.29, 1.82) is 0 Å². The van der Waals surface area contributed by atoms with Gasteiger partial charge in [-0.1, -0.05) is 12.1 Å². The smallest absolute Gasteiger partial charge is 0.161 e. The molecule has 2 aromatic rings. The van der Waals surface area contributed by atoms with E-state index in [9.17, 15) is 0 Å². The summed E-state index contributed by atoms with van der Waals surface area (Å²) in [5.74, 6) is 3.04. The molecule has 136 valence electrons. The van der Waals surface area contributed by atoms with Crippen molar-refractivity contribution in [2.75, 3.05) is 35.0 Å². The van der Waals surface area contributed by atoms with Gasteiger partial charge in [-0.25, -0.2) is 0 Å². The summed E-state index contributed by atoms with van der Waals surface area (Å²) in [6, 6.07) is 12.0. The van der Waals surface area contributed by atoms with Crippen LogP contribution in [-0.4, -0.2) is 35.0 Å². The second kappa shape index (κ2) is 9.79. The third kappa shape index (κ3) is 5.29. The lowest BCUT2D eigenvalue weighted by Gasteiger charge is -2.11. The molecule has 5 heteroatoms. The molecular formula is C20H27NO4.